The van der Waals surface area contributed by atoms with Crippen LogP contribution in [0.15, 0.2) is 33.7 Å². The molecule has 0 radical (unpaired) electrons. The fraction of sp³-hybridized carbons (Fsp3) is 0.333. The first-order chi connectivity index (χ1) is 14.2. The summed E-state index contributed by atoms with van der Waals surface area (Å²) in [5.74, 6) is 1.24. The van der Waals surface area contributed by atoms with Gasteiger partial charge in [0.25, 0.3) is 0 Å². The largest absolute Gasteiger partial charge is 0.497 e. The molecule has 0 saturated heterocycles. The lowest BCUT2D eigenvalue weighted by Crippen LogP contribution is -2.44. The van der Waals surface area contributed by atoms with Crippen molar-refractivity contribution in [2.45, 2.75) is 38.3 Å². The van der Waals surface area contributed by atoms with Crippen LogP contribution in [0.2, 0.25) is 0 Å². The van der Waals surface area contributed by atoms with Gasteiger partial charge < -0.3 is 14.6 Å². The van der Waals surface area contributed by atoms with Gasteiger partial charge in [-0.15, -0.1) is 0 Å². The van der Waals surface area contributed by atoms with Crippen LogP contribution in [0.3, 0.4) is 0 Å². The SMILES string of the molecule is COc1ccc(-c2n[nH]c(CNC(=O)[C@H](C)NS(=O)(=O)c3c(C)noc3C)n2)cc1. The van der Waals surface area contributed by atoms with E-state index in [1.165, 1.54) is 20.8 Å². The molecule has 0 bridgehead atoms. The molecule has 1 atom stereocenters. The maximum atomic E-state index is 12.5. The summed E-state index contributed by atoms with van der Waals surface area (Å²) in [4.78, 5) is 16.6. The molecule has 3 N–H and O–H groups in total. The second-order valence-electron chi connectivity index (χ2n) is 6.55. The molecule has 0 aliphatic rings. The molecular weight excluding hydrogens is 412 g/mol. The third-order valence-electron chi connectivity index (χ3n) is 4.27. The first-order valence-corrected chi connectivity index (χ1v) is 10.5. The third-order valence-corrected chi connectivity index (χ3v) is 6.06. The van der Waals surface area contributed by atoms with Crippen molar-refractivity contribution in [2.24, 2.45) is 0 Å². The van der Waals surface area contributed by atoms with Crippen molar-refractivity contribution < 1.29 is 22.5 Å². The number of nitrogens with zero attached hydrogens (tertiary/aromatic N) is 3. The number of hydrogen-bond donors (Lipinski definition) is 3. The van der Waals surface area contributed by atoms with Crippen molar-refractivity contribution in [1.82, 2.24) is 30.4 Å². The Hall–Kier alpha value is -3.25. The van der Waals surface area contributed by atoms with Crippen molar-refractivity contribution in [1.29, 1.82) is 0 Å². The van der Waals surface area contributed by atoms with Gasteiger partial charge in [0.05, 0.1) is 19.7 Å². The van der Waals surface area contributed by atoms with Gasteiger partial charge in [-0.2, -0.15) is 9.82 Å². The fourth-order valence-corrected chi connectivity index (χ4v) is 4.30. The molecule has 3 rings (SSSR count). The number of carbonyl (C=O) groups is 1. The van der Waals surface area contributed by atoms with Gasteiger partial charge in [0.1, 0.15) is 22.2 Å². The normalized spacial score (nSPS) is 12.5. The summed E-state index contributed by atoms with van der Waals surface area (Å²) in [5.41, 5.74) is 1.01. The van der Waals surface area contributed by atoms with E-state index in [0.717, 1.165) is 11.3 Å². The molecule has 30 heavy (non-hydrogen) atoms. The van der Waals surface area contributed by atoms with Gasteiger partial charge in [0.2, 0.25) is 15.9 Å². The summed E-state index contributed by atoms with van der Waals surface area (Å²) in [5, 5.41) is 13.1. The number of benzene rings is 1. The minimum atomic E-state index is -3.96. The summed E-state index contributed by atoms with van der Waals surface area (Å²) in [6.45, 7) is 4.50. The van der Waals surface area contributed by atoms with Gasteiger partial charge in [-0.05, 0) is 45.0 Å². The molecule has 1 aromatic carbocycles. The van der Waals surface area contributed by atoms with Gasteiger partial charge in [0, 0.05) is 5.56 Å². The third kappa shape index (κ3) is 4.66. The average molecular weight is 434 g/mol. The van der Waals surface area contributed by atoms with Crippen molar-refractivity contribution >= 4 is 15.9 Å². The zero-order valence-corrected chi connectivity index (χ0v) is 17.7. The van der Waals surface area contributed by atoms with Crippen molar-refractivity contribution in [3.63, 3.8) is 0 Å². The standard InChI is InChI=1S/C18H22N6O5S/c1-10-16(12(3)29-23-10)30(26,27)24-11(2)18(25)19-9-15-20-17(22-21-15)13-5-7-14(28-4)8-6-13/h5-8,11,24H,9H2,1-4H3,(H,19,25)(H,20,21,22)/t11-/m0/s1. The highest BCUT2D eigenvalue weighted by molar-refractivity contribution is 7.89. The fourth-order valence-electron chi connectivity index (χ4n) is 2.77. The molecule has 160 valence electrons. The van der Waals surface area contributed by atoms with E-state index in [2.05, 4.69) is 30.4 Å². The summed E-state index contributed by atoms with van der Waals surface area (Å²) >= 11 is 0. The smallest absolute Gasteiger partial charge is 0.246 e. The van der Waals surface area contributed by atoms with Gasteiger partial charge in [-0.3, -0.25) is 9.89 Å². The molecule has 12 heteroatoms. The van der Waals surface area contributed by atoms with Gasteiger partial charge >= 0.3 is 0 Å². The molecule has 0 unspecified atom stereocenters. The molecule has 2 heterocycles. The van der Waals surface area contributed by atoms with Crippen LogP contribution in [0, 0.1) is 13.8 Å². The number of sulfonamides is 1. The minimum Gasteiger partial charge on any atom is -0.497 e. The molecule has 0 aliphatic heterocycles. The van der Waals surface area contributed by atoms with E-state index in [1.54, 1.807) is 19.2 Å². The number of carbonyl (C=O) groups excluding carboxylic acids is 1. The first-order valence-electron chi connectivity index (χ1n) is 9.00. The summed E-state index contributed by atoms with van der Waals surface area (Å²) in [6, 6.07) is 6.19. The van der Waals surface area contributed by atoms with Crippen LogP contribution in [0.25, 0.3) is 11.4 Å². The molecule has 0 spiro atoms. The highest BCUT2D eigenvalue weighted by Gasteiger charge is 2.28. The second kappa shape index (κ2) is 8.63. The number of rotatable bonds is 8. The molecular formula is C18H22N6O5S. The number of H-pyrrole nitrogens is 1. The number of aromatic nitrogens is 4. The van der Waals surface area contributed by atoms with E-state index in [4.69, 9.17) is 9.26 Å². The van der Waals surface area contributed by atoms with Crippen LogP contribution >= 0.6 is 0 Å². The lowest BCUT2D eigenvalue weighted by Gasteiger charge is -2.13. The molecule has 0 saturated carbocycles. The predicted molar refractivity (Wildman–Crippen MR) is 106 cm³/mol. The molecule has 0 fully saturated rings. The number of nitrogens with one attached hydrogen (secondary N) is 3. The van der Waals surface area contributed by atoms with Gasteiger partial charge in [0.15, 0.2) is 11.6 Å². The minimum absolute atomic E-state index is 0.0549. The number of ether oxygens (including phenoxy) is 1. The molecule has 11 nitrogen and oxygen atoms in total. The average Bonchev–Trinajstić information content (AvgIpc) is 3.32. The Bertz CT molecular complexity index is 1120. The van der Waals surface area contributed by atoms with Gasteiger partial charge in [-0.1, -0.05) is 5.16 Å². The van der Waals surface area contributed by atoms with Crippen LogP contribution < -0.4 is 14.8 Å². The van der Waals surface area contributed by atoms with E-state index < -0.39 is 22.0 Å². The van der Waals surface area contributed by atoms with Crippen LogP contribution in [0.4, 0.5) is 0 Å². The highest BCUT2D eigenvalue weighted by Crippen LogP contribution is 2.20. The number of aromatic amines is 1. The van der Waals surface area contributed by atoms with Crippen LogP contribution in [-0.2, 0) is 21.4 Å². The van der Waals surface area contributed by atoms with E-state index in [-0.39, 0.29) is 22.9 Å². The monoisotopic (exact) mass is 434 g/mol. The number of hydrogen-bond acceptors (Lipinski definition) is 8. The van der Waals surface area contributed by atoms with Crippen molar-refractivity contribution in [3.8, 4) is 17.1 Å². The maximum Gasteiger partial charge on any atom is 0.246 e. The molecule has 3 aromatic rings. The lowest BCUT2D eigenvalue weighted by molar-refractivity contribution is -0.122. The van der Waals surface area contributed by atoms with Crippen LogP contribution in [0.5, 0.6) is 5.75 Å². The Morgan fingerprint density at radius 2 is 1.97 bits per heavy atom. The molecule has 1 amide bonds. The van der Waals surface area contributed by atoms with Crippen molar-refractivity contribution in [2.75, 3.05) is 7.11 Å². The lowest BCUT2D eigenvalue weighted by atomic mass is 10.2. The van der Waals surface area contributed by atoms with E-state index >= 15 is 0 Å². The quantitative estimate of drug-likeness (QED) is 0.476. The number of aryl methyl sites for hydroxylation is 2. The Morgan fingerprint density at radius 1 is 1.27 bits per heavy atom. The Morgan fingerprint density at radius 3 is 2.57 bits per heavy atom. The van der Waals surface area contributed by atoms with Gasteiger partial charge in [-0.25, -0.2) is 13.4 Å². The zero-order valence-electron chi connectivity index (χ0n) is 16.9. The van der Waals surface area contributed by atoms with Crippen LogP contribution in [-0.4, -0.2) is 47.8 Å². The molecule has 0 aliphatic carbocycles. The summed E-state index contributed by atoms with van der Waals surface area (Å²) in [7, 11) is -2.37. The van der Waals surface area contributed by atoms with Crippen LogP contribution in [0.1, 0.15) is 24.2 Å². The Labute approximate surface area is 173 Å². The second-order valence-corrected chi connectivity index (χ2v) is 8.20. The van der Waals surface area contributed by atoms with E-state index in [9.17, 15) is 13.2 Å². The first kappa shape index (κ1) is 21.5. The number of methoxy groups -OCH3 is 1. The summed E-state index contributed by atoms with van der Waals surface area (Å²) in [6.07, 6.45) is 0. The topological polar surface area (TPSA) is 152 Å². The zero-order chi connectivity index (χ0) is 21.9. The Balaban J connectivity index is 1.59. The maximum absolute atomic E-state index is 12.5. The molecule has 2 aromatic heterocycles. The highest BCUT2D eigenvalue weighted by atomic mass is 32.2. The predicted octanol–water partition coefficient (Wildman–Crippen LogP) is 1.07. The van der Waals surface area contributed by atoms with E-state index in [0.29, 0.717) is 11.6 Å². The van der Waals surface area contributed by atoms with E-state index in [1.807, 2.05) is 12.1 Å². The Kier molecular flexibility index (Phi) is 6.17. The number of amides is 1. The summed E-state index contributed by atoms with van der Waals surface area (Å²) < 4.78 is 37.3. The van der Waals surface area contributed by atoms with Crippen molar-refractivity contribution in [3.05, 3.63) is 41.5 Å².